The van der Waals surface area contributed by atoms with Crippen LogP contribution in [-0.2, 0) is 6.42 Å². The van der Waals surface area contributed by atoms with Crippen LogP contribution in [0.3, 0.4) is 0 Å². The molecule has 0 saturated heterocycles. The minimum atomic E-state index is -0.264. The van der Waals surface area contributed by atoms with E-state index >= 15 is 0 Å². The number of rotatable bonds is 7. The number of hydrogen-bond acceptors (Lipinski definition) is 6. The highest BCUT2D eigenvalue weighted by Crippen LogP contribution is 2.21. The summed E-state index contributed by atoms with van der Waals surface area (Å²) in [4.78, 5) is 16.5. The molecule has 0 saturated carbocycles. The van der Waals surface area contributed by atoms with Crippen LogP contribution < -0.4 is 10.1 Å². The second-order valence-corrected chi connectivity index (χ2v) is 6.82. The smallest absolute Gasteiger partial charge is 0.259 e. The number of ether oxygens (including phenoxy) is 1. The van der Waals surface area contributed by atoms with Crippen molar-refractivity contribution >= 4 is 22.4 Å². The minimum Gasteiger partial charge on any atom is -0.470 e. The molecule has 1 atom stereocenters. The molecule has 0 unspecified atom stereocenters. The molecule has 0 aliphatic carbocycles. The van der Waals surface area contributed by atoms with Crippen LogP contribution in [0.25, 0.3) is 0 Å². The molecule has 1 N–H and O–H groups in total. The molecule has 0 radical (unpaired) electrons. The third-order valence-corrected chi connectivity index (χ3v) is 4.61. The number of anilines is 1. The summed E-state index contributed by atoms with van der Waals surface area (Å²) in [5.41, 5.74) is 1.51. The quantitative estimate of drug-likeness (QED) is 0.673. The van der Waals surface area contributed by atoms with E-state index in [1.165, 1.54) is 17.5 Å². The molecule has 2 aromatic heterocycles. The minimum absolute atomic E-state index is 0.123. The van der Waals surface area contributed by atoms with Crippen molar-refractivity contribution in [2.24, 2.45) is 0 Å². The first-order valence-electron chi connectivity index (χ1n) is 8.47. The van der Waals surface area contributed by atoms with Crippen molar-refractivity contribution in [1.29, 1.82) is 0 Å². The first-order valence-corrected chi connectivity index (χ1v) is 9.28. The molecule has 134 valence electrons. The molecule has 0 aliphatic rings. The lowest BCUT2D eigenvalue weighted by molar-refractivity contribution is 0.102. The van der Waals surface area contributed by atoms with E-state index < -0.39 is 0 Å². The van der Waals surface area contributed by atoms with E-state index in [-0.39, 0.29) is 12.0 Å². The van der Waals surface area contributed by atoms with Crippen LogP contribution >= 0.6 is 11.3 Å². The van der Waals surface area contributed by atoms with Crippen LogP contribution in [0.2, 0.25) is 0 Å². The van der Waals surface area contributed by atoms with E-state index in [0.717, 1.165) is 23.4 Å². The van der Waals surface area contributed by atoms with Crippen LogP contribution in [-0.4, -0.2) is 21.1 Å². The summed E-state index contributed by atoms with van der Waals surface area (Å²) < 4.78 is 5.82. The van der Waals surface area contributed by atoms with Gasteiger partial charge in [-0.25, -0.2) is 4.98 Å². The van der Waals surface area contributed by atoms with Gasteiger partial charge in [-0.2, -0.15) is 0 Å². The predicted molar refractivity (Wildman–Crippen MR) is 102 cm³/mol. The second kappa shape index (κ2) is 8.53. The molecule has 26 heavy (non-hydrogen) atoms. The number of nitrogens with zero attached hydrogens (tertiary/aromatic N) is 3. The maximum Gasteiger partial charge on any atom is 0.259 e. The van der Waals surface area contributed by atoms with Gasteiger partial charge < -0.3 is 4.74 Å². The average Bonchev–Trinajstić information content (AvgIpc) is 3.10. The summed E-state index contributed by atoms with van der Waals surface area (Å²) in [6, 6.07) is 13.3. The van der Waals surface area contributed by atoms with Gasteiger partial charge in [-0.05, 0) is 25.0 Å². The number of nitrogens with one attached hydrogen (secondary N) is 1. The SMILES string of the molecule is CCCc1nnc(NC(=O)c2ccc(O[C@@H](C)c3ccccc3)nc2)s1. The highest BCUT2D eigenvalue weighted by atomic mass is 32.1. The summed E-state index contributed by atoms with van der Waals surface area (Å²) >= 11 is 1.39. The van der Waals surface area contributed by atoms with Crippen molar-refractivity contribution < 1.29 is 9.53 Å². The lowest BCUT2D eigenvalue weighted by Gasteiger charge is -2.14. The Balaban J connectivity index is 1.60. The Morgan fingerprint density at radius 1 is 1.19 bits per heavy atom. The Labute approximate surface area is 156 Å². The van der Waals surface area contributed by atoms with Crippen molar-refractivity contribution in [2.45, 2.75) is 32.8 Å². The van der Waals surface area contributed by atoms with E-state index in [1.807, 2.05) is 37.3 Å². The molecular weight excluding hydrogens is 348 g/mol. The van der Waals surface area contributed by atoms with Gasteiger partial charge in [-0.15, -0.1) is 10.2 Å². The lowest BCUT2D eigenvalue weighted by Crippen LogP contribution is -2.12. The average molecular weight is 368 g/mol. The lowest BCUT2D eigenvalue weighted by atomic mass is 10.1. The maximum absolute atomic E-state index is 12.3. The van der Waals surface area contributed by atoms with Gasteiger partial charge in [0.2, 0.25) is 11.0 Å². The number of aryl methyl sites for hydroxylation is 1. The van der Waals surface area contributed by atoms with E-state index in [0.29, 0.717) is 16.6 Å². The van der Waals surface area contributed by atoms with Gasteiger partial charge in [0.25, 0.3) is 5.91 Å². The Kier molecular flexibility index (Phi) is 5.91. The molecule has 0 spiro atoms. The van der Waals surface area contributed by atoms with E-state index in [1.54, 1.807) is 12.1 Å². The van der Waals surface area contributed by atoms with Crippen molar-refractivity contribution in [3.8, 4) is 5.88 Å². The third kappa shape index (κ3) is 4.64. The molecule has 3 aromatic rings. The Hall–Kier alpha value is -2.80. The number of carbonyl (C=O) groups is 1. The van der Waals surface area contributed by atoms with E-state index in [9.17, 15) is 4.79 Å². The largest absolute Gasteiger partial charge is 0.470 e. The van der Waals surface area contributed by atoms with Crippen molar-refractivity contribution in [3.63, 3.8) is 0 Å². The van der Waals surface area contributed by atoms with Gasteiger partial charge in [0.05, 0.1) is 5.56 Å². The zero-order chi connectivity index (χ0) is 18.4. The fraction of sp³-hybridized carbons (Fsp3) is 0.263. The number of amides is 1. The fourth-order valence-corrected chi connectivity index (χ4v) is 3.18. The van der Waals surface area contributed by atoms with Gasteiger partial charge in [0.1, 0.15) is 11.1 Å². The number of carbonyl (C=O) groups excluding carboxylic acids is 1. The maximum atomic E-state index is 12.3. The Morgan fingerprint density at radius 3 is 2.69 bits per heavy atom. The van der Waals surface area contributed by atoms with E-state index in [2.05, 4.69) is 27.4 Å². The number of pyridine rings is 1. The predicted octanol–water partition coefficient (Wildman–Crippen LogP) is 4.28. The van der Waals surface area contributed by atoms with Crippen LogP contribution in [0.5, 0.6) is 5.88 Å². The summed E-state index contributed by atoms with van der Waals surface area (Å²) in [5.74, 6) is 0.207. The summed E-state index contributed by atoms with van der Waals surface area (Å²) in [6.07, 6.45) is 3.23. The van der Waals surface area contributed by atoms with Crippen molar-refractivity contribution in [3.05, 3.63) is 64.8 Å². The normalized spacial score (nSPS) is 11.8. The highest BCUT2D eigenvalue weighted by Gasteiger charge is 2.12. The van der Waals surface area contributed by atoms with Crippen LogP contribution in [0.15, 0.2) is 48.7 Å². The zero-order valence-corrected chi connectivity index (χ0v) is 15.5. The molecule has 7 heteroatoms. The highest BCUT2D eigenvalue weighted by molar-refractivity contribution is 7.15. The first-order chi connectivity index (χ1) is 12.7. The number of aromatic nitrogens is 3. The van der Waals surface area contributed by atoms with Crippen LogP contribution in [0, 0.1) is 0 Å². The molecule has 0 aliphatic heterocycles. The third-order valence-electron chi connectivity index (χ3n) is 3.72. The fourth-order valence-electron chi connectivity index (χ4n) is 2.35. The molecule has 0 fully saturated rings. The van der Waals surface area contributed by atoms with Gasteiger partial charge in [-0.1, -0.05) is 48.6 Å². The van der Waals surface area contributed by atoms with Gasteiger partial charge in [-0.3, -0.25) is 10.1 Å². The second-order valence-electron chi connectivity index (χ2n) is 5.76. The zero-order valence-electron chi connectivity index (χ0n) is 14.7. The Bertz CT molecular complexity index is 849. The first kappa shape index (κ1) is 18.0. The molecule has 1 amide bonds. The molecule has 1 aromatic carbocycles. The number of benzene rings is 1. The molecule has 2 heterocycles. The van der Waals surface area contributed by atoms with Crippen LogP contribution in [0.4, 0.5) is 5.13 Å². The van der Waals surface area contributed by atoms with Crippen LogP contribution in [0.1, 0.15) is 47.3 Å². The topological polar surface area (TPSA) is 77.0 Å². The monoisotopic (exact) mass is 368 g/mol. The van der Waals surface area contributed by atoms with Gasteiger partial charge in [0.15, 0.2) is 0 Å². The van der Waals surface area contributed by atoms with E-state index in [4.69, 9.17) is 4.74 Å². The molecule has 6 nitrogen and oxygen atoms in total. The summed E-state index contributed by atoms with van der Waals surface area (Å²) in [6.45, 7) is 4.04. The van der Waals surface area contributed by atoms with Crippen molar-refractivity contribution in [1.82, 2.24) is 15.2 Å². The van der Waals surface area contributed by atoms with Gasteiger partial charge in [0, 0.05) is 18.7 Å². The Morgan fingerprint density at radius 2 is 2.00 bits per heavy atom. The van der Waals surface area contributed by atoms with Crippen molar-refractivity contribution in [2.75, 3.05) is 5.32 Å². The van der Waals surface area contributed by atoms with Gasteiger partial charge >= 0.3 is 0 Å². The summed E-state index contributed by atoms with van der Waals surface area (Å²) in [7, 11) is 0. The number of hydrogen-bond donors (Lipinski definition) is 1. The molecule has 3 rings (SSSR count). The standard InChI is InChI=1S/C19H20N4O2S/c1-3-7-17-22-23-19(26-17)21-18(24)15-10-11-16(20-12-15)25-13(2)14-8-5-4-6-9-14/h4-6,8-13H,3,7H2,1-2H3,(H,21,23,24)/t13-/m0/s1. The molecule has 0 bridgehead atoms. The molecular formula is C19H20N4O2S. The summed E-state index contributed by atoms with van der Waals surface area (Å²) in [5, 5.41) is 12.2.